The van der Waals surface area contributed by atoms with Crippen LogP contribution in [0.15, 0.2) is 42.5 Å². The predicted octanol–water partition coefficient (Wildman–Crippen LogP) is 4.43. The Kier molecular flexibility index (Phi) is 3.88. The number of ether oxygens (including phenoxy) is 2. The lowest BCUT2D eigenvalue weighted by Gasteiger charge is -2.28. The van der Waals surface area contributed by atoms with Gasteiger partial charge in [0, 0.05) is 11.5 Å². The van der Waals surface area contributed by atoms with E-state index in [9.17, 15) is 4.79 Å². The van der Waals surface area contributed by atoms with Crippen LogP contribution in [-0.2, 0) is 10.2 Å². The van der Waals surface area contributed by atoms with Crippen LogP contribution >= 0.6 is 0 Å². The Hall–Kier alpha value is -2.29. The van der Waals surface area contributed by atoms with Gasteiger partial charge in [0.05, 0.1) is 13.5 Å². The molecule has 120 valence electrons. The summed E-state index contributed by atoms with van der Waals surface area (Å²) in [5, 5.41) is 0. The molecule has 1 aliphatic rings. The summed E-state index contributed by atoms with van der Waals surface area (Å²) < 4.78 is 10.7. The second-order valence-corrected chi connectivity index (χ2v) is 7.01. The SMILES string of the molecule is COc1ccc([C@@H]2CC(=O)Oc3ccc(C(C)(C)C)cc32)cc1. The molecule has 0 fully saturated rings. The van der Waals surface area contributed by atoms with Crippen LogP contribution in [0.1, 0.15) is 49.8 Å². The first-order chi connectivity index (χ1) is 10.9. The van der Waals surface area contributed by atoms with Crippen LogP contribution in [0.2, 0.25) is 0 Å². The molecule has 1 aliphatic heterocycles. The van der Waals surface area contributed by atoms with E-state index in [2.05, 4.69) is 26.8 Å². The quantitative estimate of drug-likeness (QED) is 0.608. The van der Waals surface area contributed by atoms with E-state index in [4.69, 9.17) is 9.47 Å². The number of methoxy groups -OCH3 is 1. The minimum absolute atomic E-state index is 0.0273. The number of benzene rings is 2. The molecule has 2 aromatic rings. The highest BCUT2D eigenvalue weighted by atomic mass is 16.5. The fraction of sp³-hybridized carbons (Fsp3) is 0.350. The molecular weight excluding hydrogens is 288 g/mol. The van der Waals surface area contributed by atoms with Crippen LogP contribution in [-0.4, -0.2) is 13.1 Å². The van der Waals surface area contributed by atoms with E-state index in [0.717, 1.165) is 16.9 Å². The zero-order valence-electron chi connectivity index (χ0n) is 14.1. The molecule has 0 saturated carbocycles. The van der Waals surface area contributed by atoms with E-state index in [1.54, 1.807) is 7.11 Å². The maximum atomic E-state index is 12.0. The molecule has 0 radical (unpaired) electrons. The fourth-order valence-corrected chi connectivity index (χ4v) is 2.95. The Labute approximate surface area is 137 Å². The number of hydrogen-bond donors (Lipinski definition) is 0. The maximum Gasteiger partial charge on any atom is 0.312 e. The lowest BCUT2D eigenvalue weighted by atomic mass is 9.81. The first-order valence-electron chi connectivity index (χ1n) is 7.87. The third kappa shape index (κ3) is 3.09. The van der Waals surface area contributed by atoms with E-state index in [1.807, 2.05) is 36.4 Å². The van der Waals surface area contributed by atoms with Gasteiger partial charge in [-0.05, 0) is 34.7 Å². The molecule has 0 unspecified atom stereocenters. The highest BCUT2D eigenvalue weighted by Gasteiger charge is 2.29. The van der Waals surface area contributed by atoms with Gasteiger partial charge in [-0.15, -0.1) is 0 Å². The van der Waals surface area contributed by atoms with Gasteiger partial charge < -0.3 is 9.47 Å². The summed E-state index contributed by atoms with van der Waals surface area (Å²) in [6, 6.07) is 14.1. The van der Waals surface area contributed by atoms with Crippen LogP contribution in [0.5, 0.6) is 11.5 Å². The molecule has 0 saturated heterocycles. The van der Waals surface area contributed by atoms with Crippen molar-refractivity contribution >= 4 is 5.97 Å². The molecule has 0 aliphatic carbocycles. The molecule has 0 bridgehead atoms. The highest BCUT2D eigenvalue weighted by molar-refractivity contribution is 5.77. The van der Waals surface area contributed by atoms with Gasteiger partial charge >= 0.3 is 5.97 Å². The van der Waals surface area contributed by atoms with Gasteiger partial charge in [-0.2, -0.15) is 0 Å². The monoisotopic (exact) mass is 310 g/mol. The van der Waals surface area contributed by atoms with Crippen molar-refractivity contribution < 1.29 is 14.3 Å². The van der Waals surface area contributed by atoms with Gasteiger partial charge in [0.15, 0.2) is 0 Å². The van der Waals surface area contributed by atoms with E-state index < -0.39 is 0 Å². The summed E-state index contributed by atoms with van der Waals surface area (Å²) in [4.78, 5) is 12.0. The lowest BCUT2D eigenvalue weighted by Crippen LogP contribution is -2.22. The van der Waals surface area contributed by atoms with E-state index in [-0.39, 0.29) is 17.3 Å². The number of esters is 1. The summed E-state index contributed by atoms with van der Waals surface area (Å²) in [5.41, 5.74) is 3.49. The molecule has 1 atom stereocenters. The summed E-state index contributed by atoms with van der Waals surface area (Å²) in [5.74, 6) is 1.34. The molecule has 0 N–H and O–H groups in total. The van der Waals surface area contributed by atoms with Crippen molar-refractivity contribution in [3.8, 4) is 11.5 Å². The normalized spacial score (nSPS) is 17.4. The molecule has 3 rings (SSSR count). The Balaban J connectivity index is 2.06. The predicted molar refractivity (Wildman–Crippen MR) is 90.2 cm³/mol. The second-order valence-electron chi connectivity index (χ2n) is 7.01. The van der Waals surface area contributed by atoms with Crippen molar-refractivity contribution in [2.75, 3.05) is 7.11 Å². The molecule has 1 heterocycles. The van der Waals surface area contributed by atoms with Gasteiger partial charge in [0.2, 0.25) is 0 Å². The van der Waals surface area contributed by atoms with Crippen LogP contribution in [0, 0.1) is 0 Å². The van der Waals surface area contributed by atoms with Gasteiger partial charge in [-0.25, -0.2) is 0 Å². The Bertz CT molecular complexity index is 724. The zero-order chi connectivity index (χ0) is 16.6. The Morgan fingerprint density at radius 2 is 1.78 bits per heavy atom. The summed E-state index contributed by atoms with van der Waals surface area (Å²) >= 11 is 0. The van der Waals surface area contributed by atoms with Crippen molar-refractivity contribution in [1.82, 2.24) is 0 Å². The third-order valence-corrected chi connectivity index (χ3v) is 4.36. The summed E-state index contributed by atoms with van der Waals surface area (Å²) in [7, 11) is 1.65. The first kappa shape index (κ1) is 15.6. The van der Waals surface area contributed by atoms with Gasteiger partial charge in [-0.1, -0.05) is 45.0 Å². The fourth-order valence-electron chi connectivity index (χ4n) is 2.95. The van der Waals surface area contributed by atoms with Crippen LogP contribution < -0.4 is 9.47 Å². The number of rotatable bonds is 2. The van der Waals surface area contributed by atoms with Gasteiger partial charge in [-0.3, -0.25) is 4.79 Å². The first-order valence-corrected chi connectivity index (χ1v) is 7.87. The minimum atomic E-state index is -0.179. The van der Waals surface area contributed by atoms with Crippen LogP contribution in [0.4, 0.5) is 0 Å². The second kappa shape index (κ2) is 5.73. The molecule has 0 aromatic heterocycles. The van der Waals surface area contributed by atoms with E-state index >= 15 is 0 Å². The highest BCUT2D eigenvalue weighted by Crippen LogP contribution is 2.41. The molecule has 2 aromatic carbocycles. The summed E-state index contributed by atoms with van der Waals surface area (Å²) in [6.45, 7) is 6.56. The Morgan fingerprint density at radius 3 is 2.39 bits per heavy atom. The molecule has 0 spiro atoms. The van der Waals surface area contributed by atoms with Crippen molar-refractivity contribution in [3.05, 3.63) is 59.2 Å². The van der Waals surface area contributed by atoms with Crippen LogP contribution in [0.3, 0.4) is 0 Å². The summed E-state index contributed by atoms with van der Waals surface area (Å²) in [6.07, 6.45) is 0.368. The average molecular weight is 310 g/mol. The van der Waals surface area contributed by atoms with E-state index in [0.29, 0.717) is 12.2 Å². The number of carbonyl (C=O) groups excluding carboxylic acids is 1. The zero-order valence-corrected chi connectivity index (χ0v) is 14.1. The molecule has 0 amide bonds. The van der Waals surface area contributed by atoms with Gasteiger partial charge in [0.1, 0.15) is 11.5 Å². The molecular formula is C20H22O3. The molecule has 3 nitrogen and oxygen atoms in total. The van der Waals surface area contributed by atoms with Gasteiger partial charge in [0.25, 0.3) is 0 Å². The van der Waals surface area contributed by atoms with Crippen molar-refractivity contribution in [1.29, 1.82) is 0 Å². The number of carbonyl (C=O) groups is 1. The van der Waals surface area contributed by atoms with Crippen molar-refractivity contribution in [3.63, 3.8) is 0 Å². The van der Waals surface area contributed by atoms with Crippen molar-refractivity contribution in [2.45, 2.75) is 38.5 Å². The number of fused-ring (bicyclic) bond motifs is 1. The Morgan fingerprint density at radius 1 is 1.09 bits per heavy atom. The lowest BCUT2D eigenvalue weighted by molar-refractivity contribution is -0.135. The standard InChI is InChI=1S/C20H22O3/c1-20(2,3)14-7-10-18-17(11-14)16(12-19(21)23-18)13-5-8-15(22-4)9-6-13/h5-11,16H,12H2,1-4H3/t16-/m0/s1. The molecule has 23 heavy (non-hydrogen) atoms. The average Bonchev–Trinajstić information content (AvgIpc) is 2.53. The smallest absolute Gasteiger partial charge is 0.312 e. The van der Waals surface area contributed by atoms with E-state index in [1.165, 1.54) is 5.56 Å². The topological polar surface area (TPSA) is 35.5 Å². The number of hydrogen-bond acceptors (Lipinski definition) is 3. The maximum absolute atomic E-state index is 12.0. The largest absolute Gasteiger partial charge is 0.497 e. The van der Waals surface area contributed by atoms with Crippen LogP contribution in [0.25, 0.3) is 0 Å². The minimum Gasteiger partial charge on any atom is -0.497 e. The van der Waals surface area contributed by atoms with Crippen molar-refractivity contribution in [2.24, 2.45) is 0 Å². The third-order valence-electron chi connectivity index (χ3n) is 4.36. The molecule has 3 heteroatoms.